The Labute approximate surface area is 82.6 Å². The van der Waals surface area contributed by atoms with E-state index < -0.39 is 0 Å². The van der Waals surface area contributed by atoms with Crippen LogP contribution in [0.2, 0.25) is 0 Å². The fraction of sp³-hybridized carbons (Fsp3) is 0.556. The smallest absolute Gasteiger partial charge is 0.225 e. The summed E-state index contributed by atoms with van der Waals surface area (Å²) in [5.74, 6) is 1.04. The van der Waals surface area contributed by atoms with Crippen molar-refractivity contribution in [2.45, 2.75) is 32.7 Å². The number of nitrogens with two attached hydrogens (primary N) is 1. The lowest BCUT2D eigenvalue weighted by Crippen LogP contribution is -2.19. The lowest BCUT2D eigenvalue weighted by molar-refractivity contribution is -0.116. The van der Waals surface area contributed by atoms with Crippen LogP contribution in [-0.2, 0) is 4.79 Å². The van der Waals surface area contributed by atoms with Crippen LogP contribution >= 0.6 is 0 Å². The molecule has 1 aromatic rings. The molecule has 0 saturated carbocycles. The molecule has 1 heterocycles. The molecule has 78 valence electrons. The number of anilines is 1. The van der Waals surface area contributed by atoms with Crippen LogP contribution in [0.5, 0.6) is 0 Å². The van der Waals surface area contributed by atoms with E-state index in [1.54, 1.807) is 13.0 Å². The molecule has 0 radical (unpaired) electrons. The van der Waals surface area contributed by atoms with Crippen LogP contribution in [0.25, 0.3) is 0 Å². The number of rotatable bonds is 4. The average molecular weight is 197 g/mol. The highest BCUT2D eigenvalue weighted by atomic mass is 16.5. The molecule has 5 nitrogen and oxygen atoms in total. The maximum atomic E-state index is 11.3. The highest BCUT2D eigenvalue weighted by Crippen LogP contribution is 2.07. The van der Waals surface area contributed by atoms with Gasteiger partial charge in [0.05, 0.1) is 0 Å². The van der Waals surface area contributed by atoms with Crippen LogP contribution in [0.1, 0.15) is 25.5 Å². The summed E-state index contributed by atoms with van der Waals surface area (Å²) in [6.07, 6.45) is 1.08. The lowest BCUT2D eigenvalue weighted by atomic mass is 10.2. The fourth-order valence-electron chi connectivity index (χ4n) is 0.989. The molecule has 1 aromatic heterocycles. The maximum absolute atomic E-state index is 11.3. The van der Waals surface area contributed by atoms with Gasteiger partial charge < -0.3 is 15.6 Å². The number of carbonyl (C=O) groups excluding carboxylic acids is 1. The molecular weight excluding hydrogens is 182 g/mol. The standard InChI is InChI=1S/C9H15N3O2/c1-6(10)3-4-9(13)11-8-5-7(2)14-12-8/h5-6H,3-4,10H2,1-2H3,(H,11,12,13). The average Bonchev–Trinajstić information content (AvgIpc) is 2.48. The van der Waals surface area contributed by atoms with E-state index in [4.69, 9.17) is 10.3 Å². The van der Waals surface area contributed by atoms with Crippen molar-refractivity contribution in [2.24, 2.45) is 5.73 Å². The summed E-state index contributed by atoms with van der Waals surface area (Å²) in [6.45, 7) is 3.64. The number of hydrogen-bond donors (Lipinski definition) is 2. The highest BCUT2D eigenvalue weighted by Gasteiger charge is 2.06. The maximum Gasteiger partial charge on any atom is 0.225 e. The molecule has 0 aliphatic carbocycles. The van der Waals surface area contributed by atoms with Crippen LogP contribution in [-0.4, -0.2) is 17.1 Å². The molecule has 1 atom stereocenters. The largest absolute Gasteiger partial charge is 0.360 e. The third kappa shape index (κ3) is 3.57. The number of carbonyl (C=O) groups is 1. The first-order valence-corrected chi connectivity index (χ1v) is 4.56. The Morgan fingerprint density at radius 2 is 2.50 bits per heavy atom. The quantitative estimate of drug-likeness (QED) is 0.755. The first kappa shape index (κ1) is 10.7. The summed E-state index contributed by atoms with van der Waals surface area (Å²) < 4.78 is 4.80. The molecule has 0 aliphatic heterocycles. The molecule has 0 aliphatic rings. The van der Waals surface area contributed by atoms with E-state index in [1.165, 1.54) is 0 Å². The molecule has 0 bridgehead atoms. The van der Waals surface area contributed by atoms with Gasteiger partial charge in [0.1, 0.15) is 5.76 Å². The van der Waals surface area contributed by atoms with Crippen LogP contribution < -0.4 is 11.1 Å². The number of aryl methyl sites for hydroxylation is 1. The van der Waals surface area contributed by atoms with Crippen LogP contribution in [0.4, 0.5) is 5.82 Å². The minimum Gasteiger partial charge on any atom is -0.360 e. The zero-order chi connectivity index (χ0) is 10.6. The highest BCUT2D eigenvalue weighted by molar-refractivity contribution is 5.89. The predicted octanol–water partition coefficient (Wildman–Crippen LogP) is 1.05. The van der Waals surface area contributed by atoms with Gasteiger partial charge in [-0.15, -0.1) is 0 Å². The Balaban J connectivity index is 2.34. The van der Waals surface area contributed by atoms with Gasteiger partial charge in [0.25, 0.3) is 0 Å². The summed E-state index contributed by atoms with van der Waals surface area (Å²) in [6, 6.07) is 1.71. The van der Waals surface area contributed by atoms with Gasteiger partial charge in [0, 0.05) is 18.5 Å². The number of nitrogens with one attached hydrogen (secondary N) is 1. The molecule has 0 fully saturated rings. The number of aromatic nitrogens is 1. The molecule has 14 heavy (non-hydrogen) atoms. The van der Waals surface area contributed by atoms with Gasteiger partial charge in [0.2, 0.25) is 5.91 Å². The molecule has 0 saturated heterocycles. The second-order valence-electron chi connectivity index (χ2n) is 3.39. The molecule has 0 spiro atoms. The minimum absolute atomic E-state index is 0.0415. The number of nitrogens with zero attached hydrogens (tertiary/aromatic N) is 1. The Bertz CT molecular complexity index is 307. The minimum atomic E-state index is -0.0874. The van der Waals surface area contributed by atoms with E-state index in [2.05, 4.69) is 10.5 Å². The van der Waals surface area contributed by atoms with Gasteiger partial charge in [-0.05, 0) is 20.3 Å². The normalized spacial score (nSPS) is 12.5. The van der Waals surface area contributed by atoms with Gasteiger partial charge in [-0.3, -0.25) is 4.79 Å². The SMILES string of the molecule is Cc1cc(NC(=O)CCC(C)N)no1. The van der Waals surface area contributed by atoms with Crippen molar-refractivity contribution in [3.8, 4) is 0 Å². The van der Waals surface area contributed by atoms with E-state index in [-0.39, 0.29) is 11.9 Å². The number of hydrogen-bond acceptors (Lipinski definition) is 4. The summed E-state index contributed by atoms with van der Waals surface area (Å²) in [5.41, 5.74) is 5.52. The van der Waals surface area contributed by atoms with Gasteiger partial charge in [0.15, 0.2) is 5.82 Å². The van der Waals surface area contributed by atoms with Crippen molar-refractivity contribution < 1.29 is 9.32 Å². The van der Waals surface area contributed by atoms with Crippen molar-refractivity contribution in [3.63, 3.8) is 0 Å². The fourth-order valence-corrected chi connectivity index (χ4v) is 0.989. The number of amides is 1. The van der Waals surface area contributed by atoms with Gasteiger partial charge in [-0.2, -0.15) is 0 Å². The van der Waals surface area contributed by atoms with E-state index >= 15 is 0 Å². The second kappa shape index (κ2) is 4.76. The lowest BCUT2D eigenvalue weighted by Gasteiger charge is -2.03. The topological polar surface area (TPSA) is 81.2 Å². The molecule has 3 N–H and O–H groups in total. The van der Waals surface area contributed by atoms with Crippen LogP contribution in [0.15, 0.2) is 10.6 Å². The van der Waals surface area contributed by atoms with Crippen molar-refractivity contribution in [1.29, 1.82) is 0 Å². The third-order valence-corrected chi connectivity index (χ3v) is 1.72. The molecule has 1 rings (SSSR count). The Morgan fingerprint density at radius 1 is 1.79 bits per heavy atom. The van der Waals surface area contributed by atoms with Crippen molar-refractivity contribution in [2.75, 3.05) is 5.32 Å². The first-order valence-electron chi connectivity index (χ1n) is 4.56. The predicted molar refractivity (Wildman–Crippen MR) is 52.8 cm³/mol. The second-order valence-corrected chi connectivity index (χ2v) is 3.39. The van der Waals surface area contributed by atoms with Gasteiger partial charge >= 0.3 is 0 Å². The third-order valence-electron chi connectivity index (χ3n) is 1.72. The zero-order valence-corrected chi connectivity index (χ0v) is 8.41. The Morgan fingerprint density at radius 3 is 3.00 bits per heavy atom. The van der Waals surface area contributed by atoms with Gasteiger partial charge in [-0.25, -0.2) is 0 Å². The summed E-state index contributed by atoms with van der Waals surface area (Å²) in [7, 11) is 0. The van der Waals surface area contributed by atoms with E-state index in [0.29, 0.717) is 24.4 Å². The first-order chi connectivity index (χ1) is 6.58. The Kier molecular flexibility index (Phi) is 3.64. The van der Waals surface area contributed by atoms with Crippen LogP contribution in [0.3, 0.4) is 0 Å². The van der Waals surface area contributed by atoms with Crippen molar-refractivity contribution in [1.82, 2.24) is 5.16 Å². The monoisotopic (exact) mass is 197 g/mol. The summed E-state index contributed by atoms with van der Waals surface area (Å²) in [4.78, 5) is 11.3. The summed E-state index contributed by atoms with van der Waals surface area (Å²) in [5, 5.41) is 6.26. The van der Waals surface area contributed by atoms with E-state index in [9.17, 15) is 4.79 Å². The van der Waals surface area contributed by atoms with E-state index in [1.807, 2.05) is 6.92 Å². The molecule has 5 heteroatoms. The summed E-state index contributed by atoms with van der Waals surface area (Å²) >= 11 is 0. The van der Waals surface area contributed by atoms with Gasteiger partial charge in [-0.1, -0.05) is 5.16 Å². The molecule has 0 aromatic carbocycles. The molecule has 1 unspecified atom stereocenters. The van der Waals surface area contributed by atoms with E-state index in [0.717, 1.165) is 0 Å². The zero-order valence-electron chi connectivity index (χ0n) is 8.41. The Hall–Kier alpha value is -1.36. The molecular formula is C9H15N3O2. The van der Waals surface area contributed by atoms with Crippen molar-refractivity contribution in [3.05, 3.63) is 11.8 Å². The molecule has 1 amide bonds. The van der Waals surface area contributed by atoms with Crippen LogP contribution in [0, 0.1) is 6.92 Å². The van der Waals surface area contributed by atoms with Crippen molar-refractivity contribution >= 4 is 11.7 Å².